The molecule has 0 radical (unpaired) electrons. The summed E-state index contributed by atoms with van der Waals surface area (Å²) >= 11 is 0. The number of primary amides is 1. The minimum atomic E-state index is -0.373. The Morgan fingerprint density at radius 1 is 1.33 bits per heavy atom. The molecule has 1 aliphatic carbocycles. The Balaban J connectivity index is 1.87. The maximum Gasteiger partial charge on any atom is 0.302 e. The average molecular weight is 328 g/mol. The first kappa shape index (κ1) is 16.7. The average Bonchev–Trinajstić information content (AvgIpc) is 2.54. The van der Waals surface area contributed by atoms with Crippen molar-refractivity contribution in [2.75, 3.05) is 6.54 Å². The Morgan fingerprint density at radius 3 is 2.67 bits per heavy atom. The predicted octanol–water partition coefficient (Wildman–Crippen LogP) is 1.87. The number of hydrogen-bond donors (Lipinski definition) is 1. The summed E-state index contributed by atoms with van der Waals surface area (Å²) in [5, 5.41) is 0. The molecule has 2 heterocycles. The van der Waals surface area contributed by atoms with Gasteiger partial charge in [-0.05, 0) is 24.8 Å². The minimum absolute atomic E-state index is 0.0869. The predicted molar refractivity (Wildman–Crippen MR) is 90.7 cm³/mol. The molecule has 0 saturated carbocycles. The Kier molecular flexibility index (Phi) is 4.71. The van der Waals surface area contributed by atoms with E-state index in [1.54, 1.807) is 0 Å². The van der Waals surface area contributed by atoms with Crippen LogP contribution in [-0.4, -0.2) is 35.5 Å². The van der Waals surface area contributed by atoms with E-state index in [-0.39, 0.29) is 35.9 Å². The zero-order chi connectivity index (χ0) is 17.3. The van der Waals surface area contributed by atoms with Gasteiger partial charge in [-0.3, -0.25) is 14.5 Å². The van der Waals surface area contributed by atoms with E-state index in [9.17, 15) is 9.59 Å². The standard InChI is InChI=1S/C19H24N2O3/c1-12(24-13(2)22)16-8-15-9-17(19(20)23)18(16)21(11-15)10-14-6-4-3-5-7-14/h3-7,9,12,15-16,18H,8,10-11H2,1-2H3,(H2,20,23). The number of hydrogen-bond acceptors (Lipinski definition) is 4. The molecule has 2 N–H and O–H groups in total. The van der Waals surface area contributed by atoms with E-state index in [0.29, 0.717) is 5.57 Å². The summed E-state index contributed by atoms with van der Waals surface area (Å²) in [6.07, 6.45) is 2.70. The maximum atomic E-state index is 12.0. The van der Waals surface area contributed by atoms with Crippen molar-refractivity contribution in [3.8, 4) is 0 Å². The lowest BCUT2D eigenvalue weighted by Gasteiger charge is -2.50. The van der Waals surface area contributed by atoms with Gasteiger partial charge in [0.2, 0.25) is 5.91 Å². The second-order valence-corrected chi connectivity index (χ2v) is 6.82. The molecule has 1 amide bonds. The topological polar surface area (TPSA) is 72.6 Å². The van der Waals surface area contributed by atoms with E-state index in [2.05, 4.69) is 17.0 Å². The number of ether oxygens (including phenoxy) is 1. The molecule has 1 fully saturated rings. The first-order valence-electron chi connectivity index (χ1n) is 8.42. The highest BCUT2D eigenvalue weighted by atomic mass is 16.5. The molecule has 5 heteroatoms. The summed E-state index contributed by atoms with van der Waals surface area (Å²) in [6.45, 7) is 4.99. The number of nitrogens with two attached hydrogens (primary N) is 1. The summed E-state index contributed by atoms with van der Waals surface area (Å²) in [5.41, 5.74) is 7.50. The van der Waals surface area contributed by atoms with Crippen LogP contribution in [0.15, 0.2) is 42.0 Å². The molecular formula is C19H24N2O3. The Bertz CT molecular complexity index is 656. The molecule has 1 aromatic carbocycles. The van der Waals surface area contributed by atoms with Crippen molar-refractivity contribution >= 4 is 11.9 Å². The first-order chi connectivity index (χ1) is 11.5. The second kappa shape index (κ2) is 6.77. The van der Waals surface area contributed by atoms with Gasteiger partial charge in [-0.2, -0.15) is 0 Å². The fourth-order valence-corrected chi connectivity index (χ4v) is 4.15. The van der Waals surface area contributed by atoms with Gasteiger partial charge in [0.15, 0.2) is 0 Å². The van der Waals surface area contributed by atoms with Crippen molar-refractivity contribution in [3.05, 3.63) is 47.5 Å². The number of rotatable bonds is 5. The number of fused-ring (bicyclic) bond motifs is 2. The summed E-state index contributed by atoms with van der Waals surface area (Å²) < 4.78 is 5.42. The highest BCUT2D eigenvalue weighted by molar-refractivity contribution is 5.93. The molecule has 0 spiro atoms. The highest BCUT2D eigenvalue weighted by Gasteiger charge is 2.46. The van der Waals surface area contributed by atoms with Crippen molar-refractivity contribution in [2.24, 2.45) is 17.6 Å². The van der Waals surface area contributed by atoms with Crippen LogP contribution in [0.5, 0.6) is 0 Å². The first-order valence-corrected chi connectivity index (χ1v) is 8.42. The highest BCUT2D eigenvalue weighted by Crippen LogP contribution is 2.41. The third kappa shape index (κ3) is 3.36. The van der Waals surface area contributed by atoms with Crippen LogP contribution in [0.2, 0.25) is 0 Å². The summed E-state index contributed by atoms with van der Waals surface area (Å²) in [5.74, 6) is -0.307. The lowest BCUT2D eigenvalue weighted by atomic mass is 9.71. The zero-order valence-corrected chi connectivity index (χ0v) is 14.1. The van der Waals surface area contributed by atoms with Gasteiger partial charge in [0.05, 0.1) is 0 Å². The van der Waals surface area contributed by atoms with E-state index >= 15 is 0 Å². The monoisotopic (exact) mass is 328 g/mol. The number of carbonyl (C=O) groups is 2. The molecule has 4 atom stereocenters. The second-order valence-electron chi connectivity index (χ2n) is 6.82. The number of nitrogens with zero attached hydrogens (tertiary/aromatic N) is 1. The van der Waals surface area contributed by atoms with Crippen LogP contribution in [0.3, 0.4) is 0 Å². The van der Waals surface area contributed by atoms with E-state index in [4.69, 9.17) is 10.5 Å². The van der Waals surface area contributed by atoms with Crippen molar-refractivity contribution in [1.82, 2.24) is 4.90 Å². The van der Waals surface area contributed by atoms with Gasteiger partial charge in [0, 0.05) is 37.5 Å². The number of esters is 1. The largest absolute Gasteiger partial charge is 0.462 e. The molecular weight excluding hydrogens is 304 g/mol. The molecule has 1 aromatic rings. The number of piperidine rings is 1. The van der Waals surface area contributed by atoms with Gasteiger partial charge >= 0.3 is 5.97 Å². The molecule has 4 rings (SSSR count). The van der Waals surface area contributed by atoms with Gasteiger partial charge in [0.1, 0.15) is 6.10 Å². The quantitative estimate of drug-likeness (QED) is 0.838. The fourth-order valence-electron chi connectivity index (χ4n) is 4.15. The van der Waals surface area contributed by atoms with E-state index in [1.165, 1.54) is 12.5 Å². The normalized spacial score (nSPS) is 27.4. The van der Waals surface area contributed by atoms with Crippen molar-refractivity contribution < 1.29 is 14.3 Å². The molecule has 4 unspecified atom stereocenters. The van der Waals surface area contributed by atoms with Crippen molar-refractivity contribution in [2.45, 2.75) is 39.0 Å². The van der Waals surface area contributed by atoms with Gasteiger partial charge in [0.25, 0.3) is 0 Å². The van der Waals surface area contributed by atoms with Crippen LogP contribution in [0, 0.1) is 11.8 Å². The molecule has 3 aliphatic rings. The third-order valence-electron chi connectivity index (χ3n) is 5.04. The SMILES string of the molecule is CC(=O)OC(C)C1CC2C=C(C(N)=O)C1N(Cc1ccccc1)C2. The summed E-state index contributed by atoms with van der Waals surface area (Å²) in [4.78, 5) is 25.6. The van der Waals surface area contributed by atoms with Crippen molar-refractivity contribution in [3.63, 3.8) is 0 Å². The van der Waals surface area contributed by atoms with Gasteiger partial charge in [-0.25, -0.2) is 0 Å². The van der Waals surface area contributed by atoms with Gasteiger partial charge in [-0.15, -0.1) is 0 Å². The molecule has 2 aliphatic heterocycles. The molecule has 128 valence electrons. The molecule has 5 nitrogen and oxygen atoms in total. The molecule has 1 saturated heterocycles. The Morgan fingerprint density at radius 2 is 2.04 bits per heavy atom. The molecule has 2 bridgehead atoms. The van der Waals surface area contributed by atoms with Gasteiger partial charge in [-0.1, -0.05) is 36.4 Å². The van der Waals surface area contributed by atoms with E-state index in [1.807, 2.05) is 31.2 Å². The summed E-state index contributed by atoms with van der Waals surface area (Å²) in [6, 6.07) is 10.1. The van der Waals surface area contributed by atoms with Gasteiger partial charge < -0.3 is 10.5 Å². The van der Waals surface area contributed by atoms with Crippen LogP contribution in [0.4, 0.5) is 0 Å². The third-order valence-corrected chi connectivity index (χ3v) is 5.04. The van der Waals surface area contributed by atoms with Crippen LogP contribution in [0.25, 0.3) is 0 Å². The Labute approximate surface area is 142 Å². The zero-order valence-electron chi connectivity index (χ0n) is 14.1. The van der Waals surface area contributed by atoms with Crippen LogP contribution >= 0.6 is 0 Å². The lowest BCUT2D eigenvalue weighted by molar-refractivity contribution is -0.151. The van der Waals surface area contributed by atoms with Crippen LogP contribution < -0.4 is 5.73 Å². The van der Waals surface area contributed by atoms with Crippen LogP contribution in [-0.2, 0) is 20.9 Å². The smallest absolute Gasteiger partial charge is 0.302 e. The Hall–Kier alpha value is -2.14. The lowest BCUT2D eigenvalue weighted by Crippen LogP contribution is -2.57. The van der Waals surface area contributed by atoms with E-state index < -0.39 is 0 Å². The minimum Gasteiger partial charge on any atom is -0.462 e. The summed E-state index contributed by atoms with van der Waals surface area (Å²) in [7, 11) is 0. The fraction of sp³-hybridized carbons (Fsp3) is 0.474. The van der Waals surface area contributed by atoms with E-state index in [0.717, 1.165) is 19.5 Å². The molecule has 0 aromatic heterocycles. The maximum absolute atomic E-state index is 12.0. The molecule has 24 heavy (non-hydrogen) atoms. The van der Waals surface area contributed by atoms with Crippen molar-refractivity contribution in [1.29, 1.82) is 0 Å². The number of carbonyl (C=O) groups excluding carboxylic acids is 2. The van der Waals surface area contributed by atoms with Crippen LogP contribution in [0.1, 0.15) is 25.8 Å². The number of benzene rings is 1. The number of amides is 1.